The second-order valence-electron chi connectivity index (χ2n) is 19.4. The molecule has 5 atom stereocenters. The predicted octanol–water partition coefficient (Wildman–Crippen LogP) is 2.96. The molecule has 0 aliphatic carbocycles. The molecular weight excluding hydrogens is 1200 g/mol. The topological polar surface area (TPSA) is 586 Å². The van der Waals surface area contributed by atoms with Crippen molar-refractivity contribution in [1.82, 2.24) is 0 Å². The van der Waals surface area contributed by atoms with Crippen molar-refractivity contribution in [3.8, 4) is 131 Å². The van der Waals surface area contributed by atoms with Gasteiger partial charge in [-0.25, -0.2) is 33.6 Å². The first kappa shape index (κ1) is 57.8. The first-order valence-corrected chi connectivity index (χ1v) is 24.6. The van der Waals surface area contributed by atoms with Gasteiger partial charge < -0.3 is 134 Å². The van der Waals surface area contributed by atoms with Crippen LogP contribution in [-0.4, -0.2) is 164 Å². The Bertz CT molecular complexity index is 4740. The average Bonchev–Trinajstić information content (AvgIpc) is 0.706. The summed E-state index contributed by atoms with van der Waals surface area (Å²) in [7, 11) is 0. The fourth-order valence-corrected chi connectivity index (χ4v) is 10.0. The van der Waals surface area contributed by atoms with Crippen LogP contribution in [0, 0.1) is 0 Å². The molecule has 4 heterocycles. The number of hydrogen-bond acceptors (Lipinski definition) is 34. The molecule has 34 nitrogen and oxygen atoms in total. The van der Waals surface area contributed by atoms with Gasteiger partial charge in [0.1, 0.15) is 12.7 Å². The molecule has 0 spiro atoms. The zero-order valence-electron chi connectivity index (χ0n) is 43.3. The molecule has 0 unspecified atom stereocenters. The minimum absolute atomic E-state index is 0.235. The van der Waals surface area contributed by atoms with Crippen LogP contribution in [0.4, 0.5) is 0 Å². The first-order valence-electron chi connectivity index (χ1n) is 24.6. The Kier molecular flexibility index (Phi) is 13.2. The predicted molar refractivity (Wildman–Crippen MR) is 281 cm³/mol. The highest BCUT2D eigenvalue weighted by atomic mass is 16.7. The van der Waals surface area contributed by atoms with Crippen LogP contribution in [0.1, 0.15) is 51.8 Å². The van der Waals surface area contributed by atoms with Gasteiger partial charge in [0, 0.05) is 33.0 Å². The molecular formula is C55H34O34. The number of fused-ring (bicyclic) bond motifs is 4. The normalized spacial score (nSPS) is 17.3. The number of esters is 5. The van der Waals surface area contributed by atoms with Gasteiger partial charge >= 0.3 is 41.1 Å². The lowest BCUT2D eigenvalue weighted by Gasteiger charge is -2.44. The average molecular weight is 1240 g/mol. The van der Waals surface area contributed by atoms with Gasteiger partial charge in [0.05, 0.1) is 38.6 Å². The molecule has 34 heteroatoms. The summed E-state index contributed by atoms with van der Waals surface area (Å²) < 4.78 is 44.6. The van der Waals surface area contributed by atoms with Crippen molar-refractivity contribution in [1.29, 1.82) is 0 Å². The highest BCUT2D eigenvalue weighted by Crippen LogP contribution is 2.57. The minimum atomic E-state index is -2.84. The zero-order chi connectivity index (χ0) is 64.6. The van der Waals surface area contributed by atoms with Crippen LogP contribution in [0.3, 0.4) is 0 Å². The molecule has 11 rings (SSSR count). The summed E-state index contributed by atoms with van der Waals surface area (Å²) in [5.41, 5.74) is -15.8. The fraction of sp³-hybridized carbons (Fsp3) is 0.109. The summed E-state index contributed by atoms with van der Waals surface area (Å²) in [4.78, 5) is 100. The molecule has 1 saturated heterocycles. The molecule has 89 heavy (non-hydrogen) atoms. The number of rotatable bonds is 8. The number of carbonyl (C=O) groups is 5. The largest absolute Gasteiger partial charge is 0.504 e. The second-order valence-corrected chi connectivity index (χ2v) is 19.4. The Balaban J connectivity index is 1.14. The maximum atomic E-state index is 15.3. The van der Waals surface area contributed by atoms with E-state index in [0.29, 0.717) is 42.5 Å². The molecule has 0 amide bonds. The molecule has 0 bridgehead atoms. The summed E-state index contributed by atoms with van der Waals surface area (Å²) in [6, 6.07) is 3.52. The first-order chi connectivity index (χ1) is 41.9. The van der Waals surface area contributed by atoms with Crippen molar-refractivity contribution in [2.45, 2.75) is 30.7 Å². The van der Waals surface area contributed by atoms with Crippen molar-refractivity contribution >= 4 is 62.6 Å². The van der Waals surface area contributed by atoms with Crippen LogP contribution >= 0.6 is 0 Å². The number of benzene rings is 7. The maximum absolute atomic E-state index is 15.3. The molecule has 7 aromatic carbocycles. The Morgan fingerprint density at radius 2 is 0.831 bits per heavy atom. The molecule has 0 radical (unpaired) electrons. The SMILES string of the molecule is O=C(OC[C@H]1O[C@H](OC(=O)c2cc(O)c(O)c(O)c2)[C@@H]2OC(=O)c3cc(O)c(O)c(O)c3-c3c(cc(O)c(O)c3O)C(=O)O[C@H]2[C@@H]1OC(=O)c1cc(O)c(O)c(O)c1-c1c(O)c(O)c2oc(=O)c3cc(O)c(O)c4oc(=O)c1c2c43)c1cc(O)c(O)c(O)c1. The number of phenols is 19. The quantitative estimate of drug-likeness (QED) is 0.0342. The number of phenolic OH excluding ortho intramolecular Hbond substituents is 19. The van der Waals surface area contributed by atoms with Gasteiger partial charge in [-0.3, -0.25) is 0 Å². The number of hydrogen-bond donors (Lipinski definition) is 19. The third-order valence-electron chi connectivity index (χ3n) is 14.2. The molecule has 2 aromatic heterocycles. The smallest absolute Gasteiger partial charge is 0.345 e. The van der Waals surface area contributed by atoms with Crippen molar-refractivity contribution in [2.24, 2.45) is 0 Å². The Labute approximate surface area is 485 Å². The standard InChI is InChI=1S/C55H34O34/c56-16-1-10(2-17(57)32(16)64)48(75)82-9-24-43(84-50(77)14-7-22(62)36(68)40(72)27(14)29-31-30-28-15(53(80)85-45(30)42(74)41(29)73)8-23(63)37(69)44(28)86-54(31)81)46-47(55(83-24)89-49(76)11-3-18(58)33(65)19(59)4-11)88-52(79)13-6-21(61)35(67)39(71)26(13)25-12(51(78)87-46)5-20(60)34(66)38(25)70/h1-8,24,43,46-47,55-74H,9H2/t24-,43-,46+,47-,55-/m1/s1. The van der Waals surface area contributed by atoms with Crippen LogP contribution in [-0.2, 0) is 28.4 Å². The van der Waals surface area contributed by atoms with E-state index in [1.165, 1.54) is 0 Å². The molecule has 19 N–H and O–H groups in total. The molecule has 1 fully saturated rings. The number of carbonyl (C=O) groups excluding carboxylic acids is 5. The van der Waals surface area contributed by atoms with E-state index in [1.807, 2.05) is 0 Å². The van der Waals surface area contributed by atoms with E-state index in [9.17, 15) is 126 Å². The lowest BCUT2D eigenvalue weighted by molar-refractivity contribution is -0.282. The summed E-state index contributed by atoms with van der Waals surface area (Å²) in [5, 5.41) is 202. The van der Waals surface area contributed by atoms with E-state index in [1.54, 1.807) is 0 Å². The van der Waals surface area contributed by atoms with E-state index in [2.05, 4.69) is 0 Å². The molecule has 0 saturated carbocycles. The Morgan fingerprint density at radius 3 is 1.37 bits per heavy atom. The van der Waals surface area contributed by atoms with E-state index in [0.717, 1.165) is 0 Å². The monoisotopic (exact) mass is 1240 g/mol. The van der Waals surface area contributed by atoms with Gasteiger partial charge in [0.25, 0.3) is 0 Å². The lowest BCUT2D eigenvalue weighted by atomic mass is 9.90. The van der Waals surface area contributed by atoms with E-state index >= 15 is 4.79 Å². The van der Waals surface area contributed by atoms with Crippen LogP contribution < -0.4 is 11.3 Å². The van der Waals surface area contributed by atoms with Crippen LogP contribution in [0.2, 0.25) is 0 Å². The van der Waals surface area contributed by atoms with E-state index in [-0.39, 0.29) is 6.07 Å². The third kappa shape index (κ3) is 8.89. The Hall–Kier alpha value is -13.0. The van der Waals surface area contributed by atoms with E-state index < -0.39 is 270 Å². The van der Waals surface area contributed by atoms with Crippen LogP contribution in [0.5, 0.6) is 109 Å². The highest BCUT2D eigenvalue weighted by molar-refractivity contribution is 6.26. The molecule has 9 aromatic rings. The Morgan fingerprint density at radius 1 is 0.393 bits per heavy atom. The summed E-state index contributed by atoms with van der Waals surface area (Å²) in [6.07, 6.45) is -13.7. The van der Waals surface area contributed by atoms with Gasteiger partial charge in [-0.05, 0) is 48.5 Å². The van der Waals surface area contributed by atoms with Gasteiger partial charge in [-0.15, -0.1) is 0 Å². The van der Waals surface area contributed by atoms with Crippen LogP contribution in [0.25, 0.3) is 55.0 Å². The van der Waals surface area contributed by atoms with Gasteiger partial charge in [0.15, 0.2) is 104 Å². The van der Waals surface area contributed by atoms with Crippen molar-refractivity contribution in [2.75, 3.05) is 6.61 Å². The van der Waals surface area contributed by atoms with Gasteiger partial charge in [0.2, 0.25) is 41.1 Å². The highest BCUT2D eigenvalue weighted by Gasteiger charge is 2.56. The van der Waals surface area contributed by atoms with Crippen LogP contribution in [0.15, 0.2) is 67.0 Å². The summed E-state index contributed by atoms with van der Waals surface area (Å²) >= 11 is 0. The van der Waals surface area contributed by atoms with Crippen molar-refractivity contribution in [3.05, 3.63) is 97.2 Å². The molecule has 2 aliphatic rings. The second kappa shape index (κ2) is 20.4. The van der Waals surface area contributed by atoms with Crippen molar-refractivity contribution in [3.63, 3.8) is 0 Å². The minimum Gasteiger partial charge on any atom is -0.504 e. The maximum Gasteiger partial charge on any atom is 0.345 e. The fourth-order valence-electron chi connectivity index (χ4n) is 10.0. The number of aromatic hydroxyl groups is 19. The van der Waals surface area contributed by atoms with E-state index in [4.69, 9.17) is 37.3 Å². The summed E-state index contributed by atoms with van der Waals surface area (Å²) in [6.45, 7) is -1.49. The van der Waals surface area contributed by atoms with Gasteiger partial charge in [-0.1, -0.05) is 0 Å². The lowest BCUT2D eigenvalue weighted by Crippen LogP contribution is -2.63. The summed E-state index contributed by atoms with van der Waals surface area (Å²) in [5.74, 6) is -35.4. The van der Waals surface area contributed by atoms with Crippen molar-refractivity contribution < 1.29 is 158 Å². The third-order valence-corrected chi connectivity index (χ3v) is 14.2. The molecule has 2 aliphatic heterocycles. The molecule has 458 valence electrons. The van der Waals surface area contributed by atoms with Gasteiger partial charge in [-0.2, -0.15) is 0 Å². The zero-order valence-corrected chi connectivity index (χ0v) is 43.3. The number of ether oxygens (including phenoxy) is 6.